The van der Waals surface area contributed by atoms with Gasteiger partial charge >= 0.3 is 0 Å². The summed E-state index contributed by atoms with van der Waals surface area (Å²) in [5.41, 5.74) is 0.679. The van der Waals surface area contributed by atoms with E-state index in [1.807, 2.05) is 6.07 Å². The van der Waals surface area contributed by atoms with Gasteiger partial charge in [-0.15, -0.1) is 0 Å². The van der Waals surface area contributed by atoms with Gasteiger partial charge in [0.15, 0.2) is 5.76 Å². The number of nitro groups is 1. The highest BCUT2D eigenvalue weighted by Gasteiger charge is 2.21. The fourth-order valence-corrected chi connectivity index (χ4v) is 2.73. The van der Waals surface area contributed by atoms with Crippen LogP contribution in [0.5, 0.6) is 5.75 Å². The minimum absolute atomic E-state index is 0.0425. The van der Waals surface area contributed by atoms with Gasteiger partial charge in [0.25, 0.3) is 11.6 Å². The van der Waals surface area contributed by atoms with E-state index in [0.29, 0.717) is 11.4 Å². The van der Waals surface area contributed by atoms with Crippen LogP contribution < -0.4 is 10.1 Å². The maximum absolute atomic E-state index is 12.4. The number of nitrogens with zero attached hydrogens (tertiary/aromatic N) is 1. The summed E-state index contributed by atoms with van der Waals surface area (Å²) in [7, 11) is 1.43. The molecule has 0 saturated heterocycles. The minimum atomic E-state index is -0.527. The second-order valence-electron chi connectivity index (χ2n) is 5.24. The third kappa shape index (κ3) is 3.60. The first kappa shape index (κ1) is 17.7. The monoisotopic (exact) mass is 416 g/mol. The highest BCUT2D eigenvalue weighted by Crippen LogP contribution is 2.34. The van der Waals surface area contributed by atoms with E-state index >= 15 is 0 Å². The molecule has 1 amide bonds. The van der Waals surface area contributed by atoms with E-state index < -0.39 is 10.8 Å². The Hall–Kier alpha value is -3.13. The molecular formula is C18H13BrN2O5. The van der Waals surface area contributed by atoms with Gasteiger partial charge in [-0.05, 0) is 52.3 Å². The van der Waals surface area contributed by atoms with Crippen molar-refractivity contribution in [2.45, 2.75) is 0 Å². The predicted octanol–water partition coefficient (Wildman–Crippen LogP) is 4.88. The second kappa shape index (κ2) is 7.40. The molecule has 1 aromatic heterocycles. The van der Waals surface area contributed by atoms with Crippen LogP contribution in [0, 0.1) is 10.1 Å². The molecule has 0 radical (unpaired) electrons. The molecule has 132 valence electrons. The van der Waals surface area contributed by atoms with Crippen LogP contribution in [0.3, 0.4) is 0 Å². The molecule has 3 aromatic rings. The van der Waals surface area contributed by atoms with Crippen molar-refractivity contribution in [3.8, 4) is 17.1 Å². The third-order valence-corrected chi connectivity index (χ3v) is 4.31. The summed E-state index contributed by atoms with van der Waals surface area (Å²) in [6.45, 7) is 0. The molecule has 2 aromatic carbocycles. The maximum Gasteiger partial charge on any atom is 0.291 e. The number of furan rings is 1. The summed E-state index contributed by atoms with van der Waals surface area (Å²) >= 11 is 3.35. The fourth-order valence-electron chi connectivity index (χ4n) is 2.35. The lowest BCUT2D eigenvalue weighted by Crippen LogP contribution is -2.11. The summed E-state index contributed by atoms with van der Waals surface area (Å²) in [5, 5.41) is 14.0. The molecule has 8 heteroatoms. The average molecular weight is 417 g/mol. The van der Waals surface area contributed by atoms with Crippen LogP contribution in [-0.2, 0) is 0 Å². The Labute approximate surface area is 156 Å². The molecular weight excluding hydrogens is 404 g/mol. The zero-order valence-corrected chi connectivity index (χ0v) is 15.1. The Balaban J connectivity index is 1.89. The molecule has 0 saturated carbocycles. The first-order valence-corrected chi connectivity index (χ1v) is 8.27. The van der Waals surface area contributed by atoms with Crippen LogP contribution in [0.1, 0.15) is 10.6 Å². The summed E-state index contributed by atoms with van der Waals surface area (Å²) in [4.78, 5) is 23.1. The van der Waals surface area contributed by atoms with Crippen molar-refractivity contribution in [1.29, 1.82) is 0 Å². The summed E-state index contributed by atoms with van der Waals surface area (Å²) in [6.07, 6.45) is 0. The smallest absolute Gasteiger partial charge is 0.291 e. The Morgan fingerprint density at radius 1 is 1.19 bits per heavy atom. The fraction of sp³-hybridized carbons (Fsp3) is 0.0556. The van der Waals surface area contributed by atoms with Gasteiger partial charge in [0.1, 0.15) is 11.5 Å². The number of rotatable bonds is 5. The number of hydrogen-bond donors (Lipinski definition) is 1. The number of para-hydroxylation sites is 1. The van der Waals surface area contributed by atoms with Crippen LogP contribution in [-0.4, -0.2) is 17.9 Å². The second-order valence-corrected chi connectivity index (χ2v) is 6.09. The van der Waals surface area contributed by atoms with Gasteiger partial charge in [0.05, 0.1) is 29.4 Å². The van der Waals surface area contributed by atoms with Crippen molar-refractivity contribution in [2.24, 2.45) is 0 Å². The number of nitrogens with one attached hydrogen (secondary N) is 1. The molecule has 7 nitrogen and oxygen atoms in total. The van der Waals surface area contributed by atoms with Gasteiger partial charge in [0, 0.05) is 4.47 Å². The van der Waals surface area contributed by atoms with Crippen LogP contribution in [0.15, 0.2) is 63.5 Å². The Kier molecular flexibility index (Phi) is 5.04. The van der Waals surface area contributed by atoms with Gasteiger partial charge in [-0.2, -0.15) is 0 Å². The molecule has 0 fully saturated rings. The number of carbonyl (C=O) groups excluding carboxylic acids is 1. The minimum Gasteiger partial charge on any atom is -0.497 e. The van der Waals surface area contributed by atoms with Crippen molar-refractivity contribution >= 4 is 33.2 Å². The van der Waals surface area contributed by atoms with Gasteiger partial charge in [-0.3, -0.25) is 14.9 Å². The Morgan fingerprint density at radius 3 is 2.65 bits per heavy atom. The number of nitro benzene ring substituents is 1. The molecule has 0 aliphatic carbocycles. The highest BCUT2D eigenvalue weighted by molar-refractivity contribution is 9.10. The zero-order chi connectivity index (χ0) is 18.7. The van der Waals surface area contributed by atoms with E-state index in [4.69, 9.17) is 9.15 Å². The molecule has 0 aliphatic heterocycles. The number of amides is 1. The van der Waals surface area contributed by atoms with E-state index in [0.717, 1.165) is 4.47 Å². The molecule has 0 unspecified atom stereocenters. The van der Waals surface area contributed by atoms with E-state index in [9.17, 15) is 14.9 Å². The van der Waals surface area contributed by atoms with Crippen molar-refractivity contribution in [2.75, 3.05) is 12.4 Å². The molecule has 1 heterocycles. The quantitative estimate of drug-likeness (QED) is 0.472. The van der Waals surface area contributed by atoms with E-state index in [2.05, 4.69) is 21.2 Å². The SMILES string of the molecule is COc1ccc(-c2ccc(C(=O)Nc3ccccc3Br)o2)c([N+](=O)[O-])c1. The van der Waals surface area contributed by atoms with Gasteiger partial charge < -0.3 is 14.5 Å². The molecule has 3 rings (SSSR count). The predicted molar refractivity (Wildman–Crippen MR) is 99.4 cm³/mol. The van der Waals surface area contributed by atoms with Crippen molar-refractivity contribution in [3.63, 3.8) is 0 Å². The number of halogens is 1. The van der Waals surface area contributed by atoms with Gasteiger partial charge in [-0.1, -0.05) is 12.1 Å². The van der Waals surface area contributed by atoms with E-state index in [1.165, 1.54) is 31.4 Å². The molecule has 0 atom stereocenters. The van der Waals surface area contributed by atoms with Crippen LogP contribution in [0.2, 0.25) is 0 Å². The Morgan fingerprint density at radius 2 is 1.96 bits per heavy atom. The number of anilines is 1. The molecule has 26 heavy (non-hydrogen) atoms. The Bertz CT molecular complexity index is 983. The van der Waals surface area contributed by atoms with Crippen molar-refractivity contribution in [3.05, 3.63) is 74.9 Å². The summed E-state index contributed by atoms with van der Waals surface area (Å²) in [6, 6.07) is 14.5. The third-order valence-electron chi connectivity index (χ3n) is 3.62. The highest BCUT2D eigenvalue weighted by atomic mass is 79.9. The van der Waals surface area contributed by atoms with Crippen LogP contribution in [0.4, 0.5) is 11.4 Å². The van der Waals surface area contributed by atoms with Crippen LogP contribution in [0.25, 0.3) is 11.3 Å². The molecule has 0 spiro atoms. The standard InChI is InChI=1S/C18H13BrN2O5/c1-25-11-6-7-12(15(10-11)21(23)24)16-8-9-17(26-16)18(22)20-14-5-3-2-4-13(14)19/h2-10H,1H3,(H,20,22). The number of methoxy groups -OCH3 is 1. The average Bonchev–Trinajstić information content (AvgIpc) is 3.13. The maximum atomic E-state index is 12.4. The summed E-state index contributed by atoms with van der Waals surface area (Å²) in [5.74, 6) is 0.163. The topological polar surface area (TPSA) is 94.6 Å². The number of hydrogen-bond acceptors (Lipinski definition) is 5. The lowest BCUT2D eigenvalue weighted by Gasteiger charge is -2.05. The van der Waals surface area contributed by atoms with Crippen molar-refractivity contribution in [1.82, 2.24) is 0 Å². The lowest BCUT2D eigenvalue weighted by molar-refractivity contribution is -0.384. The van der Waals surface area contributed by atoms with Gasteiger partial charge in [0.2, 0.25) is 0 Å². The first-order chi connectivity index (χ1) is 12.5. The zero-order valence-electron chi connectivity index (χ0n) is 13.6. The summed E-state index contributed by atoms with van der Waals surface area (Å²) < 4.78 is 11.3. The largest absolute Gasteiger partial charge is 0.497 e. The molecule has 1 N–H and O–H groups in total. The lowest BCUT2D eigenvalue weighted by atomic mass is 10.1. The number of carbonyl (C=O) groups is 1. The molecule has 0 bridgehead atoms. The number of benzene rings is 2. The van der Waals surface area contributed by atoms with Crippen LogP contribution >= 0.6 is 15.9 Å². The van der Waals surface area contributed by atoms with E-state index in [1.54, 1.807) is 24.3 Å². The van der Waals surface area contributed by atoms with Gasteiger partial charge in [-0.25, -0.2) is 0 Å². The number of ether oxygens (including phenoxy) is 1. The molecule has 0 aliphatic rings. The van der Waals surface area contributed by atoms with Crippen molar-refractivity contribution < 1.29 is 18.9 Å². The van der Waals surface area contributed by atoms with E-state index in [-0.39, 0.29) is 22.8 Å². The first-order valence-electron chi connectivity index (χ1n) is 7.48. The normalized spacial score (nSPS) is 10.4.